The lowest BCUT2D eigenvalue weighted by Gasteiger charge is -2.41. The Morgan fingerprint density at radius 1 is 1.42 bits per heavy atom. The van der Waals surface area contributed by atoms with Crippen molar-refractivity contribution in [2.24, 2.45) is 5.41 Å². The van der Waals surface area contributed by atoms with Gasteiger partial charge >= 0.3 is 0 Å². The van der Waals surface area contributed by atoms with Crippen molar-refractivity contribution in [3.8, 4) is 0 Å². The van der Waals surface area contributed by atoms with E-state index in [1.165, 1.54) is 36.9 Å². The Morgan fingerprint density at radius 3 is 2.88 bits per heavy atom. The van der Waals surface area contributed by atoms with Crippen LogP contribution in [0.25, 0.3) is 0 Å². The van der Waals surface area contributed by atoms with Crippen molar-refractivity contribution in [3.05, 3.63) is 35.2 Å². The van der Waals surface area contributed by atoms with Crippen LogP contribution >= 0.6 is 11.3 Å². The number of amides is 2. The topological polar surface area (TPSA) is 84.2 Å². The van der Waals surface area contributed by atoms with Gasteiger partial charge in [-0.05, 0) is 36.8 Å². The maximum atomic E-state index is 12.1. The van der Waals surface area contributed by atoms with Crippen LogP contribution in [0.15, 0.2) is 28.2 Å². The molecule has 3 rings (SSSR count). The van der Waals surface area contributed by atoms with E-state index in [4.69, 9.17) is 4.42 Å². The maximum Gasteiger partial charge on any atom is 0.293 e. The zero-order valence-electron chi connectivity index (χ0n) is 13.6. The molecule has 2 aromatic rings. The Morgan fingerprint density at radius 2 is 2.25 bits per heavy atom. The number of rotatable bonds is 7. The van der Waals surface area contributed by atoms with Crippen molar-refractivity contribution < 1.29 is 14.0 Å². The monoisotopic (exact) mass is 347 g/mol. The quantitative estimate of drug-likeness (QED) is 0.805. The molecule has 0 unspecified atom stereocenters. The van der Waals surface area contributed by atoms with Crippen LogP contribution < -0.4 is 10.6 Å². The van der Waals surface area contributed by atoms with Gasteiger partial charge in [0, 0.05) is 11.9 Å². The van der Waals surface area contributed by atoms with E-state index in [0.29, 0.717) is 16.2 Å². The van der Waals surface area contributed by atoms with Gasteiger partial charge < -0.3 is 9.73 Å². The summed E-state index contributed by atoms with van der Waals surface area (Å²) in [7, 11) is 0. The molecule has 0 aromatic carbocycles. The van der Waals surface area contributed by atoms with Crippen LogP contribution in [0.4, 0.5) is 5.13 Å². The summed E-state index contributed by atoms with van der Waals surface area (Å²) in [6, 6.07) is 3.24. The fourth-order valence-electron chi connectivity index (χ4n) is 2.86. The molecule has 0 spiro atoms. The maximum absolute atomic E-state index is 12.1. The number of carbonyl (C=O) groups excluding carboxylic acids is 2. The number of hydrogen-bond donors (Lipinski definition) is 2. The van der Waals surface area contributed by atoms with Gasteiger partial charge in [-0.25, -0.2) is 4.98 Å². The zero-order valence-corrected chi connectivity index (χ0v) is 14.4. The largest absolute Gasteiger partial charge is 0.459 e. The first-order valence-corrected chi connectivity index (χ1v) is 9.04. The number of aromatic nitrogens is 1. The zero-order chi connectivity index (χ0) is 17.0. The van der Waals surface area contributed by atoms with Gasteiger partial charge in [-0.3, -0.25) is 14.9 Å². The van der Waals surface area contributed by atoms with Crippen LogP contribution in [-0.2, 0) is 11.2 Å². The van der Waals surface area contributed by atoms with Crippen LogP contribution in [0.5, 0.6) is 0 Å². The molecule has 24 heavy (non-hydrogen) atoms. The predicted molar refractivity (Wildman–Crippen MR) is 92.1 cm³/mol. The van der Waals surface area contributed by atoms with Crippen LogP contribution in [0.2, 0.25) is 0 Å². The Balaban J connectivity index is 1.48. The lowest BCUT2D eigenvalue weighted by atomic mass is 9.67. The van der Waals surface area contributed by atoms with E-state index >= 15 is 0 Å². The molecule has 2 N–H and O–H groups in total. The summed E-state index contributed by atoms with van der Waals surface area (Å²) in [4.78, 5) is 28.2. The minimum Gasteiger partial charge on any atom is -0.459 e. The molecule has 0 atom stereocenters. The van der Waals surface area contributed by atoms with E-state index < -0.39 is 0 Å². The molecule has 1 saturated carbocycles. The highest BCUT2D eigenvalue weighted by Gasteiger charge is 2.35. The minimum absolute atomic E-state index is 0.0241. The number of nitrogens with one attached hydrogen (secondary N) is 2. The van der Waals surface area contributed by atoms with E-state index in [9.17, 15) is 9.59 Å². The van der Waals surface area contributed by atoms with Crippen LogP contribution in [0, 0.1) is 5.41 Å². The normalized spacial score (nSPS) is 15.5. The molecule has 2 heterocycles. The molecule has 0 aliphatic heterocycles. The summed E-state index contributed by atoms with van der Waals surface area (Å²) in [6.07, 6.45) is 6.43. The SMILES string of the molecule is CCC1(CNC(=O)Cc2csc(NC(=O)c3ccco3)n2)CCC1. The molecule has 0 saturated heterocycles. The van der Waals surface area contributed by atoms with Crippen molar-refractivity contribution in [2.75, 3.05) is 11.9 Å². The second-order valence-corrected chi connectivity index (χ2v) is 7.09. The minimum atomic E-state index is -0.347. The molecule has 2 amide bonds. The molecular weight excluding hydrogens is 326 g/mol. The van der Waals surface area contributed by atoms with Gasteiger partial charge in [-0.1, -0.05) is 13.3 Å². The van der Waals surface area contributed by atoms with Gasteiger partial charge in [0.15, 0.2) is 10.9 Å². The molecule has 7 heteroatoms. The molecule has 2 aromatic heterocycles. The fourth-order valence-corrected chi connectivity index (χ4v) is 3.56. The lowest BCUT2D eigenvalue weighted by molar-refractivity contribution is -0.121. The number of thiazole rings is 1. The summed E-state index contributed by atoms with van der Waals surface area (Å²) in [5, 5.41) is 7.93. The Hall–Kier alpha value is -2.15. The highest BCUT2D eigenvalue weighted by Crippen LogP contribution is 2.43. The Bertz CT molecular complexity index is 699. The third-order valence-electron chi connectivity index (χ3n) is 4.68. The number of carbonyl (C=O) groups is 2. The molecule has 0 bridgehead atoms. The summed E-state index contributed by atoms with van der Waals surface area (Å²) in [5.74, 6) is -0.140. The van der Waals surface area contributed by atoms with Gasteiger partial charge in [-0.2, -0.15) is 0 Å². The molecule has 128 valence electrons. The van der Waals surface area contributed by atoms with E-state index in [-0.39, 0.29) is 24.0 Å². The highest BCUT2D eigenvalue weighted by molar-refractivity contribution is 7.14. The number of hydrogen-bond acceptors (Lipinski definition) is 5. The van der Waals surface area contributed by atoms with Gasteiger partial charge in [0.2, 0.25) is 5.91 Å². The number of furan rings is 1. The van der Waals surface area contributed by atoms with Gasteiger partial charge in [-0.15, -0.1) is 11.3 Å². The standard InChI is InChI=1S/C17H21N3O3S/c1-2-17(6-4-7-17)11-18-14(21)9-12-10-24-16(19-12)20-15(22)13-5-3-8-23-13/h3,5,8,10H,2,4,6-7,9,11H2,1H3,(H,18,21)(H,19,20,22). The average molecular weight is 347 g/mol. The first kappa shape index (κ1) is 16.7. The first-order valence-electron chi connectivity index (χ1n) is 8.16. The Kier molecular flexibility index (Phi) is 4.99. The van der Waals surface area contributed by atoms with Crippen molar-refractivity contribution in [3.63, 3.8) is 0 Å². The molecule has 6 nitrogen and oxygen atoms in total. The van der Waals surface area contributed by atoms with E-state index in [2.05, 4.69) is 22.5 Å². The van der Waals surface area contributed by atoms with Crippen LogP contribution in [0.3, 0.4) is 0 Å². The first-order chi connectivity index (χ1) is 11.6. The third-order valence-corrected chi connectivity index (χ3v) is 5.49. The van der Waals surface area contributed by atoms with Crippen molar-refractivity contribution in [2.45, 2.75) is 39.0 Å². The molecule has 0 radical (unpaired) electrons. The van der Waals surface area contributed by atoms with Gasteiger partial charge in [0.05, 0.1) is 18.4 Å². The smallest absolute Gasteiger partial charge is 0.293 e. The lowest BCUT2D eigenvalue weighted by Crippen LogP contribution is -2.42. The molecule has 1 aliphatic rings. The summed E-state index contributed by atoms with van der Waals surface area (Å²) in [6.45, 7) is 2.92. The second kappa shape index (κ2) is 7.17. The highest BCUT2D eigenvalue weighted by atomic mass is 32.1. The third kappa shape index (κ3) is 3.84. The predicted octanol–water partition coefficient (Wildman–Crippen LogP) is 3.23. The summed E-state index contributed by atoms with van der Waals surface area (Å²) < 4.78 is 5.03. The van der Waals surface area contributed by atoms with Crippen LogP contribution in [0.1, 0.15) is 48.9 Å². The van der Waals surface area contributed by atoms with Crippen molar-refractivity contribution >= 4 is 28.3 Å². The molecular formula is C17H21N3O3S. The summed E-state index contributed by atoms with van der Waals surface area (Å²) in [5.41, 5.74) is 0.964. The van der Waals surface area contributed by atoms with Gasteiger partial charge in [0.25, 0.3) is 5.91 Å². The van der Waals surface area contributed by atoms with E-state index in [1.54, 1.807) is 17.5 Å². The van der Waals surface area contributed by atoms with E-state index in [1.807, 2.05) is 0 Å². The van der Waals surface area contributed by atoms with E-state index in [0.717, 1.165) is 13.0 Å². The van der Waals surface area contributed by atoms with Gasteiger partial charge in [0.1, 0.15) is 0 Å². The molecule has 1 fully saturated rings. The fraction of sp³-hybridized carbons (Fsp3) is 0.471. The second-order valence-electron chi connectivity index (χ2n) is 6.24. The van der Waals surface area contributed by atoms with Crippen molar-refractivity contribution in [1.82, 2.24) is 10.3 Å². The van der Waals surface area contributed by atoms with Crippen LogP contribution in [-0.4, -0.2) is 23.3 Å². The number of anilines is 1. The Labute approximate surface area is 144 Å². The number of nitrogens with zero attached hydrogens (tertiary/aromatic N) is 1. The average Bonchev–Trinajstić information content (AvgIpc) is 3.18. The summed E-state index contributed by atoms with van der Waals surface area (Å²) >= 11 is 1.30. The van der Waals surface area contributed by atoms with Crippen molar-refractivity contribution in [1.29, 1.82) is 0 Å². The molecule has 1 aliphatic carbocycles.